The minimum absolute atomic E-state index is 0.0260. The summed E-state index contributed by atoms with van der Waals surface area (Å²) in [6.45, 7) is 4.46. The number of amides is 1. The summed E-state index contributed by atoms with van der Waals surface area (Å²) >= 11 is 0. The van der Waals surface area contributed by atoms with E-state index in [9.17, 15) is 14.7 Å². The average molecular weight is 347 g/mol. The van der Waals surface area contributed by atoms with E-state index in [1.807, 2.05) is 0 Å². The lowest BCUT2D eigenvalue weighted by Gasteiger charge is -2.31. The normalized spacial score (nSPS) is 21.6. The Labute approximate surface area is 149 Å². The lowest BCUT2D eigenvalue weighted by molar-refractivity contribution is -0.145. The SMILES string of the molecule is COC(=O)[C@@H](Cc1ccc(O)cc1)NC(=O)[C@H]1CC[C@H](C(C)C)CC1. The Hall–Kier alpha value is -2.04. The third kappa shape index (κ3) is 5.48. The van der Waals surface area contributed by atoms with Gasteiger partial charge in [-0.2, -0.15) is 0 Å². The maximum Gasteiger partial charge on any atom is 0.328 e. The van der Waals surface area contributed by atoms with E-state index >= 15 is 0 Å². The third-order valence-corrected chi connectivity index (χ3v) is 5.26. The molecule has 2 N–H and O–H groups in total. The van der Waals surface area contributed by atoms with Crippen molar-refractivity contribution in [2.75, 3.05) is 7.11 Å². The number of nitrogens with one attached hydrogen (secondary N) is 1. The fourth-order valence-corrected chi connectivity index (χ4v) is 3.54. The van der Waals surface area contributed by atoms with Crippen LogP contribution in [0.4, 0.5) is 0 Å². The Kier molecular flexibility index (Phi) is 6.85. The number of hydrogen-bond donors (Lipinski definition) is 2. The first-order valence-corrected chi connectivity index (χ1v) is 9.06. The Balaban J connectivity index is 1.96. The molecule has 1 aliphatic carbocycles. The molecule has 1 aromatic rings. The molecule has 0 aliphatic heterocycles. The van der Waals surface area contributed by atoms with Crippen LogP contribution in [0.15, 0.2) is 24.3 Å². The van der Waals surface area contributed by atoms with Crippen molar-refractivity contribution in [3.63, 3.8) is 0 Å². The maximum atomic E-state index is 12.6. The lowest BCUT2D eigenvalue weighted by atomic mass is 9.76. The number of esters is 1. The van der Waals surface area contributed by atoms with Crippen molar-refractivity contribution in [2.24, 2.45) is 17.8 Å². The highest BCUT2D eigenvalue weighted by molar-refractivity contribution is 5.86. The third-order valence-electron chi connectivity index (χ3n) is 5.26. The number of benzene rings is 1. The molecule has 1 saturated carbocycles. The molecule has 1 atom stereocenters. The molecule has 25 heavy (non-hydrogen) atoms. The average Bonchev–Trinajstić information content (AvgIpc) is 2.62. The fourth-order valence-electron chi connectivity index (χ4n) is 3.54. The second-order valence-electron chi connectivity index (χ2n) is 7.31. The highest BCUT2D eigenvalue weighted by Gasteiger charge is 2.30. The number of hydrogen-bond acceptors (Lipinski definition) is 4. The summed E-state index contributed by atoms with van der Waals surface area (Å²) in [5, 5.41) is 12.2. The van der Waals surface area contributed by atoms with E-state index in [4.69, 9.17) is 4.74 Å². The van der Waals surface area contributed by atoms with Crippen LogP contribution in [-0.2, 0) is 20.7 Å². The highest BCUT2D eigenvalue weighted by Crippen LogP contribution is 2.33. The molecule has 0 unspecified atom stereocenters. The van der Waals surface area contributed by atoms with Gasteiger partial charge in [-0.15, -0.1) is 0 Å². The summed E-state index contributed by atoms with van der Waals surface area (Å²) in [7, 11) is 1.33. The molecule has 5 nitrogen and oxygen atoms in total. The Morgan fingerprint density at radius 3 is 2.28 bits per heavy atom. The van der Waals surface area contributed by atoms with Crippen LogP contribution in [0.25, 0.3) is 0 Å². The van der Waals surface area contributed by atoms with Crippen LogP contribution in [0.5, 0.6) is 5.75 Å². The van der Waals surface area contributed by atoms with E-state index in [1.54, 1.807) is 24.3 Å². The zero-order valence-corrected chi connectivity index (χ0v) is 15.3. The monoisotopic (exact) mass is 347 g/mol. The summed E-state index contributed by atoms with van der Waals surface area (Å²) in [4.78, 5) is 24.6. The lowest BCUT2D eigenvalue weighted by Crippen LogP contribution is -2.46. The van der Waals surface area contributed by atoms with Gasteiger partial charge in [0.05, 0.1) is 7.11 Å². The topological polar surface area (TPSA) is 75.6 Å². The molecule has 0 bridgehead atoms. The fraction of sp³-hybridized carbons (Fsp3) is 0.600. The van der Waals surface area contributed by atoms with Gasteiger partial charge in [0, 0.05) is 12.3 Å². The summed E-state index contributed by atoms with van der Waals surface area (Å²) in [5.41, 5.74) is 0.858. The number of methoxy groups -OCH3 is 1. The van der Waals surface area contributed by atoms with Crippen molar-refractivity contribution < 1.29 is 19.4 Å². The Morgan fingerprint density at radius 2 is 1.76 bits per heavy atom. The molecule has 1 aliphatic rings. The van der Waals surface area contributed by atoms with Crippen LogP contribution in [0.1, 0.15) is 45.1 Å². The number of carbonyl (C=O) groups excluding carboxylic acids is 2. The summed E-state index contributed by atoms with van der Waals surface area (Å²) in [6.07, 6.45) is 4.23. The second kappa shape index (κ2) is 8.88. The molecule has 2 rings (SSSR count). The molecule has 1 aromatic carbocycles. The minimum Gasteiger partial charge on any atom is -0.508 e. The number of ether oxygens (including phenoxy) is 1. The van der Waals surface area contributed by atoms with Crippen molar-refractivity contribution >= 4 is 11.9 Å². The summed E-state index contributed by atoms with van der Waals surface area (Å²) < 4.78 is 4.84. The molecular weight excluding hydrogens is 318 g/mol. The molecule has 0 radical (unpaired) electrons. The van der Waals surface area contributed by atoms with Gasteiger partial charge < -0.3 is 15.2 Å². The zero-order valence-electron chi connectivity index (χ0n) is 15.3. The van der Waals surface area contributed by atoms with Gasteiger partial charge in [0.2, 0.25) is 5.91 Å². The quantitative estimate of drug-likeness (QED) is 0.776. The van der Waals surface area contributed by atoms with E-state index in [0.717, 1.165) is 31.2 Å². The standard InChI is InChI=1S/C20H29NO4/c1-13(2)15-6-8-16(9-7-15)19(23)21-18(20(24)25-3)12-14-4-10-17(22)11-5-14/h4-5,10-11,13,15-16,18,22H,6-9,12H2,1-3H3,(H,21,23)/t15-,16-,18-/m1/s1. The Morgan fingerprint density at radius 1 is 1.16 bits per heavy atom. The van der Waals surface area contributed by atoms with Crippen LogP contribution < -0.4 is 5.32 Å². The van der Waals surface area contributed by atoms with Crippen LogP contribution in [-0.4, -0.2) is 30.1 Å². The second-order valence-corrected chi connectivity index (χ2v) is 7.31. The first-order valence-electron chi connectivity index (χ1n) is 9.06. The molecular formula is C20H29NO4. The molecule has 1 fully saturated rings. The van der Waals surface area contributed by atoms with E-state index in [-0.39, 0.29) is 17.6 Å². The Bertz CT molecular complexity index is 574. The minimum atomic E-state index is -0.704. The molecule has 5 heteroatoms. The van der Waals surface area contributed by atoms with Gasteiger partial charge in [-0.1, -0.05) is 26.0 Å². The van der Waals surface area contributed by atoms with Gasteiger partial charge in [-0.3, -0.25) is 4.79 Å². The molecule has 1 amide bonds. The number of phenolic OH excluding ortho intramolecular Hbond substituents is 1. The van der Waals surface area contributed by atoms with Gasteiger partial charge in [0.1, 0.15) is 11.8 Å². The molecule has 0 aromatic heterocycles. The van der Waals surface area contributed by atoms with E-state index in [1.165, 1.54) is 7.11 Å². The zero-order chi connectivity index (χ0) is 18.4. The van der Waals surface area contributed by atoms with Crippen molar-refractivity contribution in [3.05, 3.63) is 29.8 Å². The van der Waals surface area contributed by atoms with Gasteiger partial charge >= 0.3 is 5.97 Å². The van der Waals surface area contributed by atoms with Crippen molar-refractivity contribution in [2.45, 2.75) is 52.0 Å². The molecule has 0 spiro atoms. The van der Waals surface area contributed by atoms with Crippen molar-refractivity contribution in [3.8, 4) is 5.75 Å². The van der Waals surface area contributed by atoms with Gasteiger partial charge in [0.25, 0.3) is 0 Å². The first-order chi connectivity index (χ1) is 11.9. The molecule has 0 saturated heterocycles. The number of rotatable bonds is 6. The highest BCUT2D eigenvalue weighted by atomic mass is 16.5. The van der Waals surface area contributed by atoms with Gasteiger partial charge in [0.15, 0.2) is 0 Å². The number of phenols is 1. The van der Waals surface area contributed by atoms with Gasteiger partial charge in [-0.25, -0.2) is 4.79 Å². The van der Waals surface area contributed by atoms with Crippen molar-refractivity contribution in [1.82, 2.24) is 5.32 Å². The van der Waals surface area contributed by atoms with Gasteiger partial charge in [-0.05, 0) is 55.2 Å². The summed E-state index contributed by atoms with van der Waals surface area (Å²) in [5.74, 6) is 0.985. The van der Waals surface area contributed by atoms with Crippen LogP contribution in [0.3, 0.4) is 0 Å². The summed E-state index contributed by atoms with van der Waals surface area (Å²) in [6, 6.07) is 5.92. The van der Waals surface area contributed by atoms with E-state index in [2.05, 4.69) is 19.2 Å². The molecule has 0 heterocycles. The van der Waals surface area contributed by atoms with Crippen LogP contribution in [0.2, 0.25) is 0 Å². The van der Waals surface area contributed by atoms with Crippen LogP contribution >= 0.6 is 0 Å². The first kappa shape index (κ1) is 19.3. The van der Waals surface area contributed by atoms with E-state index in [0.29, 0.717) is 18.3 Å². The van der Waals surface area contributed by atoms with Crippen molar-refractivity contribution in [1.29, 1.82) is 0 Å². The predicted octanol–water partition coefficient (Wildman–Crippen LogP) is 3.05. The largest absolute Gasteiger partial charge is 0.508 e. The maximum absolute atomic E-state index is 12.6. The van der Waals surface area contributed by atoms with E-state index < -0.39 is 12.0 Å². The molecule has 138 valence electrons. The number of carbonyl (C=O) groups is 2. The smallest absolute Gasteiger partial charge is 0.328 e. The predicted molar refractivity (Wildman–Crippen MR) is 96.0 cm³/mol. The number of aromatic hydroxyl groups is 1. The van der Waals surface area contributed by atoms with Crippen LogP contribution in [0, 0.1) is 17.8 Å².